The van der Waals surface area contributed by atoms with Gasteiger partial charge in [-0.1, -0.05) is 30.3 Å². The molecule has 146 valence electrons. The molecule has 0 heterocycles. The summed E-state index contributed by atoms with van der Waals surface area (Å²) in [6.45, 7) is 1.76. The Hall–Kier alpha value is -3.24. The van der Waals surface area contributed by atoms with Gasteiger partial charge in [-0.3, -0.25) is 14.9 Å². The van der Waals surface area contributed by atoms with Crippen LogP contribution >= 0.6 is 0 Å². The van der Waals surface area contributed by atoms with Gasteiger partial charge >= 0.3 is 13.1 Å². The number of hydrogen-bond acceptors (Lipinski definition) is 7. The van der Waals surface area contributed by atoms with Crippen LogP contribution in [0.25, 0.3) is 0 Å². The van der Waals surface area contributed by atoms with Gasteiger partial charge in [0.1, 0.15) is 6.04 Å². The average molecular weight is 386 g/mol. The Morgan fingerprint density at radius 3 is 2.46 bits per heavy atom. The highest BCUT2D eigenvalue weighted by atomic mass is 16.6. The Bertz CT molecular complexity index is 858. The number of non-ortho nitro benzene ring substituents is 1. The molecular weight excluding hydrogens is 367 g/mol. The number of nitrogens with one attached hydrogen (secondary N) is 1. The van der Waals surface area contributed by atoms with Crippen LogP contribution < -0.4 is 10.8 Å². The molecule has 0 aliphatic carbocycles. The van der Waals surface area contributed by atoms with Crippen molar-refractivity contribution in [1.82, 2.24) is 5.32 Å². The van der Waals surface area contributed by atoms with E-state index in [1.54, 1.807) is 31.2 Å². The second-order valence-electron chi connectivity index (χ2n) is 5.91. The van der Waals surface area contributed by atoms with E-state index in [2.05, 4.69) is 5.32 Å². The molecule has 10 heteroatoms. The van der Waals surface area contributed by atoms with Crippen LogP contribution in [-0.4, -0.2) is 46.6 Å². The lowest BCUT2D eigenvalue weighted by atomic mass is 9.79. The number of nitrogens with zero attached hydrogens (tertiary/aromatic N) is 1. The molecule has 0 radical (unpaired) electrons. The second-order valence-corrected chi connectivity index (χ2v) is 5.91. The van der Waals surface area contributed by atoms with E-state index in [4.69, 9.17) is 4.74 Å². The molecule has 2 aromatic rings. The first-order valence-electron chi connectivity index (χ1n) is 8.48. The van der Waals surface area contributed by atoms with Crippen molar-refractivity contribution >= 4 is 30.1 Å². The van der Waals surface area contributed by atoms with Crippen LogP contribution in [0.5, 0.6) is 0 Å². The maximum absolute atomic E-state index is 12.6. The number of carbonyl (C=O) groups excluding carboxylic acids is 2. The summed E-state index contributed by atoms with van der Waals surface area (Å²) in [6, 6.07) is 11.0. The van der Waals surface area contributed by atoms with Gasteiger partial charge in [-0.15, -0.1) is 0 Å². The lowest BCUT2D eigenvalue weighted by molar-refractivity contribution is -0.384. The molecule has 0 saturated heterocycles. The van der Waals surface area contributed by atoms with Crippen molar-refractivity contribution in [1.29, 1.82) is 0 Å². The zero-order chi connectivity index (χ0) is 20.7. The standard InChI is InChI=1S/C18H19BN2O7/c1-2-28-18(23)16(8-12-6-4-3-5-7-12)20-17(22)13-9-14(19(24)25)11-15(10-13)21(26)27/h3-7,9-11,16,24-25H,2,8H2,1H3,(H,20,22)/t16-/m0/s1. The van der Waals surface area contributed by atoms with Gasteiger partial charge in [-0.2, -0.15) is 0 Å². The Morgan fingerprint density at radius 2 is 1.89 bits per heavy atom. The molecule has 0 unspecified atom stereocenters. The Kier molecular flexibility index (Phi) is 7.25. The minimum Gasteiger partial charge on any atom is -0.464 e. The highest BCUT2D eigenvalue weighted by molar-refractivity contribution is 6.58. The van der Waals surface area contributed by atoms with Crippen LogP contribution in [0.4, 0.5) is 5.69 Å². The number of nitro groups is 1. The lowest BCUT2D eigenvalue weighted by Gasteiger charge is -2.18. The van der Waals surface area contributed by atoms with Gasteiger partial charge < -0.3 is 20.1 Å². The molecular formula is C18H19BN2O7. The van der Waals surface area contributed by atoms with Crippen LogP contribution in [0.3, 0.4) is 0 Å². The molecule has 2 aromatic carbocycles. The largest absolute Gasteiger partial charge is 0.488 e. The van der Waals surface area contributed by atoms with E-state index in [0.717, 1.165) is 23.8 Å². The molecule has 0 spiro atoms. The summed E-state index contributed by atoms with van der Waals surface area (Å²) in [4.78, 5) is 35.1. The minimum absolute atomic E-state index is 0.123. The molecule has 9 nitrogen and oxygen atoms in total. The Morgan fingerprint density at radius 1 is 1.21 bits per heavy atom. The van der Waals surface area contributed by atoms with Crippen LogP contribution in [-0.2, 0) is 16.0 Å². The second kappa shape index (κ2) is 9.63. The first kappa shape index (κ1) is 21.1. The van der Waals surface area contributed by atoms with E-state index in [1.807, 2.05) is 6.07 Å². The zero-order valence-electron chi connectivity index (χ0n) is 15.1. The van der Waals surface area contributed by atoms with Gasteiger partial charge in [0.2, 0.25) is 0 Å². The molecule has 3 N–H and O–H groups in total. The molecule has 1 atom stereocenters. The number of amides is 1. The quantitative estimate of drug-likeness (QED) is 0.255. The van der Waals surface area contributed by atoms with Crippen molar-refractivity contribution in [3.63, 3.8) is 0 Å². The molecule has 0 saturated carbocycles. The van der Waals surface area contributed by atoms with Crippen LogP contribution in [0.1, 0.15) is 22.8 Å². The normalized spacial score (nSPS) is 11.4. The fourth-order valence-electron chi connectivity index (χ4n) is 2.55. The van der Waals surface area contributed by atoms with Gasteiger partial charge in [-0.05, 0) is 24.0 Å². The summed E-state index contributed by atoms with van der Waals surface area (Å²) in [5, 5.41) is 32.1. The van der Waals surface area contributed by atoms with Crippen LogP contribution in [0, 0.1) is 10.1 Å². The monoisotopic (exact) mass is 386 g/mol. The summed E-state index contributed by atoms with van der Waals surface area (Å²) in [5.41, 5.74) is -0.0902. The highest BCUT2D eigenvalue weighted by Crippen LogP contribution is 2.13. The van der Waals surface area contributed by atoms with Crippen molar-refractivity contribution in [2.45, 2.75) is 19.4 Å². The maximum atomic E-state index is 12.6. The maximum Gasteiger partial charge on any atom is 0.488 e. The van der Waals surface area contributed by atoms with Crippen molar-refractivity contribution in [2.24, 2.45) is 0 Å². The molecule has 28 heavy (non-hydrogen) atoms. The van der Waals surface area contributed by atoms with E-state index >= 15 is 0 Å². The fourth-order valence-corrected chi connectivity index (χ4v) is 2.55. The van der Waals surface area contributed by atoms with Crippen molar-refractivity contribution in [2.75, 3.05) is 6.61 Å². The van der Waals surface area contributed by atoms with Gasteiger partial charge in [-0.25, -0.2) is 4.79 Å². The van der Waals surface area contributed by atoms with Gasteiger partial charge in [0.15, 0.2) is 0 Å². The van der Waals surface area contributed by atoms with Crippen molar-refractivity contribution in [3.8, 4) is 0 Å². The molecule has 0 aromatic heterocycles. The van der Waals surface area contributed by atoms with Crippen molar-refractivity contribution in [3.05, 3.63) is 69.8 Å². The molecule has 0 aliphatic rings. The molecule has 2 rings (SSSR count). The van der Waals surface area contributed by atoms with Crippen LogP contribution in [0.2, 0.25) is 0 Å². The number of rotatable bonds is 8. The molecule has 1 amide bonds. The topological polar surface area (TPSA) is 139 Å². The zero-order valence-corrected chi connectivity index (χ0v) is 15.1. The predicted molar refractivity (Wildman–Crippen MR) is 101 cm³/mol. The van der Waals surface area contributed by atoms with E-state index in [9.17, 15) is 29.8 Å². The number of ether oxygens (including phenoxy) is 1. The van der Waals surface area contributed by atoms with Crippen LogP contribution in [0.15, 0.2) is 48.5 Å². The SMILES string of the molecule is CCOC(=O)[C@H](Cc1ccccc1)NC(=O)c1cc(B(O)O)cc([N+](=O)[O-])c1. The van der Waals surface area contributed by atoms with E-state index in [-0.39, 0.29) is 24.1 Å². The van der Waals surface area contributed by atoms with E-state index in [0.29, 0.717) is 0 Å². The number of esters is 1. The number of benzene rings is 2. The number of carbonyl (C=O) groups is 2. The smallest absolute Gasteiger partial charge is 0.464 e. The summed E-state index contributed by atoms with van der Waals surface area (Å²) in [6.07, 6.45) is 0.163. The molecule has 0 bridgehead atoms. The minimum atomic E-state index is -1.99. The number of nitro benzene ring substituents is 1. The Labute approximate surface area is 161 Å². The average Bonchev–Trinajstić information content (AvgIpc) is 2.67. The molecule has 0 aliphatic heterocycles. The van der Waals surface area contributed by atoms with Gasteiger partial charge in [0.05, 0.1) is 11.5 Å². The molecule has 0 fully saturated rings. The predicted octanol–water partition coefficient (Wildman–Crippen LogP) is 0.179. The third kappa shape index (κ3) is 5.63. The Balaban J connectivity index is 2.29. The number of hydrogen-bond donors (Lipinski definition) is 3. The van der Waals surface area contributed by atoms with Gasteiger partial charge in [0, 0.05) is 24.1 Å². The first-order chi connectivity index (χ1) is 13.3. The summed E-state index contributed by atoms with van der Waals surface area (Å²) < 4.78 is 5.00. The third-order valence-electron chi connectivity index (χ3n) is 3.87. The summed E-state index contributed by atoms with van der Waals surface area (Å²) in [5.74, 6) is -1.42. The highest BCUT2D eigenvalue weighted by Gasteiger charge is 2.25. The summed E-state index contributed by atoms with van der Waals surface area (Å²) >= 11 is 0. The van der Waals surface area contributed by atoms with Crippen molar-refractivity contribution < 1.29 is 29.3 Å². The first-order valence-corrected chi connectivity index (χ1v) is 8.48. The van der Waals surface area contributed by atoms with E-state index < -0.39 is 35.6 Å². The third-order valence-corrected chi connectivity index (χ3v) is 3.87. The fraction of sp³-hybridized carbons (Fsp3) is 0.222. The van der Waals surface area contributed by atoms with E-state index in [1.165, 1.54) is 0 Å². The lowest BCUT2D eigenvalue weighted by Crippen LogP contribution is -2.44. The summed E-state index contributed by atoms with van der Waals surface area (Å²) in [7, 11) is -1.99. The van der Waals surface area contributed by atoms with Gasteiger partial charge in [0.25, 0.3) is 11.6 Å².